The van der Waals surface area contributed by atoms with Crippen molar-refractivity contribution in [3.05, 3.63) is 0 Å². The highest BCUT2D eigenvalue weighted by Crippen LogP contribution is 1.70. The normalized spacial score (nSPS) is 10.0. The van der Waals surface area contributed by atoms with Crippen LogP contribution in [0.2, 0.25) is 0 Å². The fourth-order valence-electron chi connectivity index (χ4n) is 0.115. The third-order valence-corrected chi connectivity index (χ3v) is 0.316. The minimum absolute atomic E-state index is 0.243. The maximum absolute atomic E-state index is 7.97. The molecule has 0 amide bonds. The summed E-state index contributed by atoms with van der Waals surface area (Å²) >= 11 is 0. The molecule has 0 aliphatic heterocycles. The van der Waals surface area contributed by atoms with Crippen molar-refractivity contribution in [2.45, 2.75) is 0 Å². The highest BCUT2D eigenvalue weighted by atomic mass is 16.7. The van der Waals surface area contributed by atoms with E-state index in [0.29, 0.717) is 0 Å². The Morgan fingerprint density at radius 3 is 2.17 bits per heavy atom. The molecule has 38 valence electrons. The van der Waals surface area contributed by atoms with E-state index in [4.69, 9.17) is 5.11 Å². The molecule has 0 unspecified atom stereocenters. The van der Waals surface area contributed by atoms with Crippen molar-refractivity contribution in [1.29, 1.82) is 0 Å². The summed E-state index contributed by atoms with van der Waals surface area (Å²) in [6.45, 7) is -0.243. The molecular formula is C3H9NO2. The summed E-state index contributed by atoms with van der Waals surface area (Å²) in [7, 11) is 3.41. The molecular weight excluding hydrogens is 82.0 g/mol. The van der Waals surface area contributed by atoms with E-state index in [9.17, 15) is 0 Å². The van der Waals surface area contributed by atoms with Gasteiger partial charge in [0.2, 0.25) is 0 Å². The molecule has 0 aromatic rings. The summed E-state index contributed by atoms with van der Waals surface area (Å²) in [6, 6.07) is 0. The van der Waals surface area contributed by atoms with E-state index in [1.54, 1.807) is 14.1 Å². The second kappa shape index (κ2) is 3.08. The monoisotopic (exact) mass is 91.1 g/mol. The van der Waals surface area contributed by atoms with Gasteiger partial charge in [-0.1, -0.05) is 0 Å². The lowest BCUT2D eigenvalue weighted by Gasteiger charge is -2.04. The molecule has 0 aromatic heterocycles. The molecule has 0 aromatic carbocycles. The zero-order chi connectivity index (χ0) is 4.99. The van der Waals surface area contributed by atoms with Crippen LogP contribution in [0, 0.1) is 0 Å². The Hall–Kier alpha value is -0.120. The van der Waals surface area contributed by atoms with Crippen LogP contribution >= 0.6 is 0 Å². The molecule has 0 bridgehead atoms. The minimum Gasteiger partial charge on any atom is -0.369 e. The van der Waals surface area contributed by atoms with Crippen molar-refractivity contribution in [3.63, 3.8) is 0 Å². The molecule has 0 saturated carbocycles. The van der Waals surface area contributed by atoms with Crippen molar-refractivity contribution < 1.29 is 9.94 Å². The van der Waals surface area contributed by atoms with Crippen LogP contribution in [0.25, 0.3) is 0 Å². The van der Waals surface area contributed by atoms with Gasteiger partial charge in [0.1, 0.15) is 0 Å². The van der Waals surface area contributed by atoms with Gasteiger partial charge in [0.15, 0.2) is 6.79 Å². The second-order valence-corrected chi connectivity index (χ2v) is 1.07. The van der Waals surface area contributed by atoms with Crippen molar-refractivity contribution in [2.24, 2.45) is 0 Å². The Bertz CT molecular complexity index is 30.0. The molecule has 0 spiro atoms. The highest BCUT2D eigenvalue weighted by Gasteiger charge is 1.78. The van der Waals surface area contributed by atoms with Crippen LogP contribution in [0.15, 0.2) is 0 Å². The molecule has 0 fully saturated rings. The molecule has 1 N–H and O–H groups in total. The van der Waals surface area contributed by atoms with Gasteiger partial charge in [-0.2, -0.15) is 5.06 Å². The molecule has 0 heterocycles. The summed E-state index contributed by atoms with van der Waals surface area (Å²) in [5.74, 6) is 0. The maximum atomic E-state index is 7.97. The van der Waals surface area contributed by atoms with Crippen LogP contribution in [-0.2, 0) is 4.84 Å². The van der Waals surface area contributed by atoms with Gasteiger partial charge in [-0.05, 0) is 0 Å². The van der Waals surface area contributed by atoms with Gasteiger partial charge in [-0.25, -0.2) is 0 Å². The van der Waals surface area contributed by atoms with Crippen molar-refractivity contribution in [2.75, 3.05) is 20.9 Å². The first-order valence-corrected chi connectivity index (χ1v) is 1.68. The highest BCUT2D eigenvalue weighted by molar-refractivity contribution is 4.00. The molecule has 0 rings (SSSR count). The fourth-order valence-corrected chi connectivity index (χ4v) is 0.115. The van der Waals surface area contributed by atoms with Gasteiger partial charge < -0.3 is 5.11 Å². The summed E-state index contributed by atoms with van der Waals surface area (Å²) in [6.07, 6.45) is 0. The predicted molar refractivity (Wildman–Crippen MR) is 21.9 cm³/mol. The fraction of sp³-hybridized carbons (Fsp3) is 1.00. The first kappa shape index (κ1) is 5.88. The largest absolute Gasteiger partial charge is 0.369 e. The number of hydrogen-bond acceptors (Lipinski definition) is 3. The molecule has 3 heteroatoms. The Balaban J connectivity index is 2.63. The summed E-state index contributed by atoms with van der Waals surface area (Å²) < 4.78 is 0. The Morgan fingerprint density at radius 2 is 2.17 bits per heavy atom. The quantitative estimate of drug-likeness (QED) is 0.365. The van der Waals surface area contributed by atoms with Gasteiger partial charge in [0.05, 0.1) is 0 Å². The van der Waals surface area contributed by atoms with E-state index in [0.717, 1.165) is 0 Å². The van der Waals surface area contributed by atoms with E-state index in [1.807, 2.05) is 0 Å². The SMILES string of the molecule is CN(C)OCO. The summed E-state index contributed by atoms with van der Waals surface area (Å²) in [5.41, 5.74) is 0. The first-order chi connectivity index (χ1) is 2.77. The summed E-state index contributed by atoms with van der Waals surface area (Å²) in [5, 5.41) is 9.40. The molecule has 0 saturated heterocycles. The van der Waals surface area contributed by atoms with Crippen LogP contribution in [0.3, 0.4) is 0 Å². The van der Waals surface area contributed by atoms with Crippen molar-refractivity contribution in [1.82, 2.24) is 5.06 Å². The predicted octanol–water partition coefficient (Wildman–Crippen LogP) is -0.571. The third-order valence-electron chi connectivity index (χ3n) is 0.316. The Kier molecular flexibility index (Phi) is 3.02. The Morgan fingerprint density at radius 1 is 1.67 bits per heavy atom. The second-order valence-electron chi connectivity index (χ2n) is 1.07. The zero-order valence-electron chi connectivity index (χ0n) is 4.01. The number of rotatable bonds is 2. The lowest BCUT2D eigenvalue weighted by Crippen LogP contribution is -2.12. The maximum Gasteiger partial charge on any atom is 0.164 e. The van der Waals surface area contributed by atoms with Crippen LogP contribution in [-0.4, -0.2) is 31.1 Å². The van der Waals surface area contributed by atoms with E-state index >= 15 is 0 Å². The lowest BCUT2D eigenvalue weighted by atomic mass is 11.2. The van der Waals surface area contributed by atoms with Gasteiger partial charge in [-0.3, -0.25) is 4.84 Å². The summed E-state index contributed by atoms with van der Waals surface area (Å²) in [4.78, 5) is 4.43. The van der Waals surface area contributed by atoms with Crippen LogP contribution < -0.4 is 0 Å². The van der Waals surface area contributed by atoms with Crippen molar-refractivity contribution in [3.8, 4) is 0 Å². The number of aliphatic hydroxyl groups excluding tert-OH is 1. The first-order valence-electron chi connectivity index (χ1n) is 1.68. The van der Waals surface area contributed by atoms with Gasteiger partial charge >= 0.3 is 0 Å². The van der Waals surface area contributed by atoms with Crippen LogP contribution in [0.5, 0.6) is 0 Å². The van der Waals surface area contributed by atoms with E-state index in [1.165, 1.54) is 5.06 Å². The van der Waals surface area contributed by atoms with Gasteiger partial charge in [-0.15, -0.1) is 0 Å². The number of hydrogen-bond donors (Lipinski definition) is 1. The third kappa shape index (κ3) is 3.88. The molecule has 0 radical (unpaired) electrons. The van der Waals surface area contributed by atoms with Gasteiger partial charge in [0, 0.05) is 14.1 Å². The standard InChI is InChI=1S/C3H9NO2/c1-4(2)6-3-5/h5H,3H2,1-2H3. The van der Waals surface area contributed by atoms with E-state index in [2.05, 4.69) is 4.84 Å². The van der Waals surface area contributed by atoms with Gasteiger partial charge in [0.25, 0.3) is 0 Å². The van der Waals surface area contributed by atoms with Crippen LogP contribution in [0.4, 0.5) is 0 Å². The average molecular weight is 91.1 g/mol. The number of aliphatic hydroxyl groups is 1. The lowest BCUT2D eigenvalue weighted by molar-refractivity contribution is -0.179. The molecule has 0 aliphatic carbocycles. The molecule has 3 nitrogen and oxygen atoms in total. The topological polar surface area (TPSA) is 32.7 Å². The Labute approximate surface area is 37.1 Å². The van der Waals surface area contributed by atoms with E-state index < -0.39 is 0 Å². The number of nitrogens with zero attached hydrogens (tertiary/aromatic N) is 1. The molecule has 0 aliphatic rings. The van der Waals surface area contributed by atoms with Crippen LogP contribution in [0.1, 0.15) is 0 Å². The molecule has 0 atom stereocenters. The van der Waals surface area contributed by atoms with Crippen molar-refractivity contribution >= 4 is 0 Å². The zero-order valence-corrected chi connectivity index (χ0v) is 4.01. The minimum atomic E-state index is -0.243. The number of hydroxylamine groups is 2. The molecule has 6 heavy (non-hydrogen) atoms. The van der Waals surface area contributed by atoms with E-state index in [-0.39, 0.29) is 6.79 Å². The average Bonchev–Trinajstić information content (AvgIpc) is 1.35. The smallest absolute Gasteiger partial charge is 0.164 e.